The highest BCUT2D eigenvalue weighted by Gasteiger charge is 2.16. The van der Waals surface area contributed by atoms with Crippen LogP contribution in [-0.4, -0.2) is 18.1 Å². The number of aromatic amines is 1. The van der Waals surface area contributed by atoms with Gasteiger partial charge in [-0.1, -0.05) is 84.0 Å². The molecule has 29 heavy (non-hydrogen) atoms. The summed E-state index contributed by atoms with van der Waals surface area (Å²) < 4.78 is 4.84. The van der Waals surface area contributed by atoms with Crippen LogP contribution in [0.3, 0.4) is 0 Å². The first-order valence-corrected chi connectivity index (χ1v) is 10.6. The molecule has 3 rings (SSSR count). The van der Waals surface area contributed by atoms with Crippen molar-refractivity contribution < 1.29 is 9.53 Å². The summed E-state index contributed by atoms with van der Waals surface area (Å²) in [6, 6.07) is 14.0. The molecule has 0 amide bonds. The smallest absolute Gasteiger partial charge is 0.337 e. The van der Waals surface area contributed by atoms with Gasteiger partial charge in [-0.05, 0) is 36.1 Å². The van der Waals surface area contributed by atoms with E-state index in [0.717, 1.165) is 47.0 Å². The van der Waals surface area contributed by atoms with Gasteiger partial charge in [0.05, 0.1) is 18.4 Å². The van der Waals surface area contributed by atoms with E-state index in [1.807, 2.05) is 64.1 Å². The van der Waals surface area contributed by atoms with Gasteiger partial charge in [-0.15, -0.1) is 0 Å². The van der Waals surface area contributed by atoms with E-state index in [1.165, 1.54) is 12.7 Å². The van der Waals surface area contributed by atoms with E-state index < -0.39 is 0 Å². The molecule has 0 unspecified atom stereocenters. The van der Waals surface area contributed by atoms with Crippen molar-refractivity contribution in [1.82, 2.24) is 4.98 Å². The number of benzene rings is 2. The van der Waals surface area contributed by atoms with Crippen LogP contribution in [0.25, 0.3) is 28.2 Å². The molecule has 3 aromatic rings. The van der Waals surface area contributed by atoms with Crippen LogP contribution in [-0.2, 0) is 11.2 Å². The fourth-order valence-electron chi connectivity index (χ4n) is 3.25. The molecule has 0 bridgehead atoms. The van der Waals surface area contributed by atoms with Crippen LogP contribution >= 0.6 is 0 Å². The summed E-state index contributed by atoms with van der Waals surface area (Å²) in [4.78, 5) is 15.4. The van der Waals surface area contributed by atoms with E-state index in [4.69, 9.17) is 4.74 Å². The van der Waals surface area contributed by atoms with Crippen molar-refractivity contribution >= 4 is 22.9 Å². The van der Waals surface area contributed by atoms with Crippen LogP contribution in [0.15, 0.2) is 49.0 Å². The summed E-state index contributed by atoms with van der Waals surface area (Å²) >= 11 is 0. The van der Waals surface area contributed by atoms with Gasteiger partial charge < -0.3 is 9.72 Å². The minimum atomic E-state index is -0.320. The zero-order chi connectivity index (χ0) is 21.8. The average Bonchev–Trinajstić information content (AvgIpc) is 3.17. The van der Waals surface area contributed by atoms with E-state index in [-0.39, 0.29) is 5.97 Å². The van der Waals surface area contributed by atoms with E-state index in [9.17, 15) is 4.79 Å². The fourth-order valence-corrected chi connectivity index (χ4v) is 3.25. The number of methoxy groups -OCH3 is 1. The van der Waals surface area contributed by atoms with Crippen molar-refractivity contribution in [3.05, 3.63) is 65.7 Å². The Morgan fingerprint density at radius 3 is 2.41 bits per heavy atom. The molecule has 0 radical (unpaired) electrons. The van der Waals surface area contributed by atoms with Gasteiger partial charge in [-0.3, -0.25) is 0 Å². The molecule has 0 aliphatic carbocycles. The van der Waals surface area contributed by atoms with Crippen LogP contribution < -0.4 is 0 Å². The standard InChI is InChI=1S/C22H23NO2.2C2H6/c1-4-6-10-19-18-13-12-16(22(24)25-3)14-20(18)23-21(19)17-11-8-7-9-15(17)5-2;2*1-2/h5,7-9,11-14,23H,2,4,6,10H2,1,3H3;2*1-2H3. The molecule has 3 heteroatoms. The summed E-state index contributed by atoms with van der Waals surface area (Å²) in [5.41, 5.74) is 6.16. The molecule has 0 atom stereocenters. The maximum Gasteiger partial charge on any atom is 0.337 e. The largest absolute Gasteiger partial charge is 0.465 e. The van der Waals surface area contributed by atoms with Crippen LogP contribution in [0, 0.1) is 0 Å². The highest BCUT2D eigenvalue weighted by molar-refractivity contribution is 5.98. The average molecular weight is 394 g/mol. The first-order chi connectivity index (χ1) is 14.2. The van der Waals surface area contributed by atoms with Gasteiger partial charge in [-0.2, -0.15) is 0 Å². The zero-order valence-electron chi connectivity index (χ0n) is 18.8. The van der Waals surface area contributed by atoms with Crippen molar-refractivity contribution in [3.63, 3.8) is 0 Å². The molecular formula is C26H35NO2. The van der Waals surface area contributed by atoms with Gasteiger partial charge in [0.15, 0.2) is 0 Å². The van der Waals surface area contributed by atoms with Crippen molar-refractivity contribution in [1.29, 1.82) is 0 Å². The Morgan fingerprint density at radius 2 is 1.79 bits per heavy atom. The first-order valence-electron chi connectivity index (χ1n) is 10.6. The molecule has 2 aromatic carbocycles. The third-order valence-corrected chi connectivity index (χ3v) is 4.56. The van der Waals surface area contributed by atoms with Crippen molar-refractivity contribution in [2.45, 2.75) is 53.9 Å². The number of aromatic nitrogens is 1. The summed E-state index contributed by atoms with van der Waals surface area (Å²) in [6.07, 6.45) is 5.13. The van der Waals surface area contributed by atoms with E-state index in [2.05, 4.69) is 30.6 Å². The number of hydrogen-bond donors (Lipinski definition) is 1. The minimum Gasteiger partial charge on any atom is -0.465 e. The third kappa shape index (κ3) is 5.60. The maximum atomic E-state index is 11.8. The number of carbonyl (C=O) groups excluding carboxylic acids is 1. The number of carbonyl (C=O) groups is 1. The van der Waals surface area contributed by atoms with E-state index in [1.54, 1.807) is 0 Å². The number of hydrogen-bond acceptors (Lipinski definition) is 2. The van der Waals surface area contributed by atoms with E-state index in [0.29, 0.717) is 5.56 Å². The lowest BCUT2D eigenvalue weighted by molar-refractivity contribution is 0.0601. The topological polar surface area (TPSA) is 42.1 Å². The summed E-state index contributed by atoms with van der Waals surface area (Å²) in [5, 5.41) is 1.16. The number of ether oxygens (including phenoxy) is 1. The maximum absolute atomic E-state index is 11.8. The number of nitrogens with one attached hydrogen (secondary N) is 1. The molecule has 1 aromatic heterocycles. The van der Waals surface area contributed by atoms with Crippen molar-refractivity contribution in [2.75, 3.05) is 7.11 Å². The second-order valence-corrected chi connectivity index (χ2v) is 6.13. The van der Waals surface area contributed by atoms with Gasteiger partial charge in [0, 0.05) is 16.5 Å². The van der Waals surface area contributed by atoms with Crippen molar-refractivity contribution in [2.24, 2.45) is 0 Å². The number of unbranched alkanes of at least 4 members (excludes halogenated alkanes) is 1. The van der Waals surface area contributed by atoms with Crippen LogP contribution in [0.4, 0.5) is 0 Å². The molecule has 0 saturated carbocycles. The second-order valence-electron chi connectivity index (χ2n) is 6.13. The minimum absolute atomic E-state index is 0.320. The lowest BCUT2D eigenvalue weighted by atomic mass is 9.97. The summed E-state index contributed by atoms with van der Waals surface area (Å²) in [7, 11) is 1.40. The molecule has 1 N–H and O–H groups in total. The number of aryl methyl sites for hydroxylation is 1. The Kier molecular flexibility index (Phi) is 10.5. The Bertz CT molecular complexity index is 922. The third-order valence-electron chi connectivity index (χ3n) is 4.56. The molecule has 0 spiro atoms. The van der Waals surface area contributed by atoms with Crippen LogP contribution in [0.1, 0.15) is 68.9 Å². The molecule has 0 aliphatic rings. The Labute approximate surface area is 175 Å². The summed E-state index contributed by atoms with van der Waals surface area (Å²) in [5.74, 6) is -0.320. The second kappa shape index (κ2) is 12.6. The molecule has 0 saturated heterocycles. The number of fused-ring (bicyclic) bond motifs is 1. The molecule has 1 heterocycles. The highest BCUT2D eigenvalue weighted by atomic mass is 16.5. The quantitative estimate of drug-likeness (QED) is 0.437. The first kappa shape index (κ1) is 24.2. The van der Waals surface area contributed by atoms with Crippen molar-refractivity contribution in [3.8, 4) is 11.3 Å². The predicted molar refractivity (Wildman–Crippen MR) is 126 cm³/mol. The van der Waals surface area contributed by atoms with Gasteiger partial charge in [0.2, 0.25) is 0 Å². The molecule has 0 fully saturated rings. The monoisotopic (exact) mass is 393 g/mol. The zero-order valence-corrected chi connectivity index (χ0v) is 18.8. The SMILES string of the molecule is C=Cc1ccccc1-c1[nH]c2cc(C(=O)OC)ccc2c1CCCC.CC.CC. The van der Waals surface area contributed by atoms with E-state index >= 15 is 0 Å². The normalized spacial score (nSPS) is 9.72. The lowest BCUT2D eigenvalue weighted by Crippen LogP contribution is -2.00. The Balaban J connectivity index is 0.000000989. The molecule has 156 valence electrons. The lowest BCUT2D eigenvalue weighted by Gasteiger charge is -2.08. The van der Waals surface area contributed by atoms with Crippen LogP contribution in [0.2, 0.25) is 0 Å². The summed E-state index contributed by atoms with van der Waals surface area (Å²) in [6.45, 7) is 14.1. The number of esters is 1. The van der Waals surface area contributed by atoms with Gasteiger partial charge in [-0.25, -0.2) is 4.79 Å². The van der Waals surface area contributed by atoms with Gasteiger partial charge in [0.1, 0.15) is 0 Å². The molecule has 0 aliphatic heterocycles. The highest BCUT2D eigenvalue weighted by Crippen LogP contribution is 2.34. The van der Waals surface area contributed by atoms with Crippen LogP contribution in [0.5, 0.6) is 0 Å². The number of rotatable bonds is 6. The molecular weight excluding hydrogens is 358 g/mol. The van der Waals surface area contributed by atoms with Gasteiger partial charge >= 0.3 is 5.97 Å². The molecule has 3 nitrogen and oxygen atoms in total. The Morgan fingerprint density at radius 1 is 1.10 bits per heavy atom. The fraction of sp³-hybridized carbons (Fsp3) is 0.346. The number of H-pyrrole nitrogens is 1. The van der Waals surface area contributed by atoms with Gasteiger partial charge in [0.25, 0.3) is 0 Å². The Hall–Kier alpha value is -2.81. The predicted octanol–water partition coefficient (Wildman–Crippen LogP) is 7.66.